The highest BCUT2D eigenvalue weighted by atomic mass is 35.5. The third-order valence-corrected chi connectivity index (χ3v) is 2.28. The van der Waals surface area contributed by atoms with E-state index in [4.69, 9.17) is 21.1 Å². The Morgan fingerprint density at radius 3 is 2.43 bits per heavy atom. The highest BCUT2D eigenvalue weighted by Gasteiger charge is 2.32. The summed E-state index contributed by atoms with van der Waals surface area (Å²) in [7, 11) is 0. The van der Waals surface area contributed by atoms with Crippen molar-refractivity contribution in [2.45, 2.75) is 19.3 Å². The number of cyclic esters (lactones) is 1. The Morgan fingerprint density at radius 2 is 1.93 bits per heavy atom. The van der Waals surface area contributed by atoms with E-state index < -0.39 is 12.4 Å². The van der Waals surface area contributed by atoms with Gasteiger partial charge in [-0.15, -0.1) is 0 Å². The minimum atomic E-state index is -0.588. The van der Waals surface area contributed by atoms with Gasteiger partial charge in [-0.25, -0.2) is 4.79 Å². The summed E-state index contributed by atoms with van der Waals surface area (Å²) in [6, 6.07) is 7.02. The zero-order chi connectivity index (χ0) is 10.1. The number of ether oxygens (including phenoxy) is 2. The number of halogens is 1. The van der Waals surface area contributed by atoms with E-state index in [2.05, 4.69) is 0 Å². The second kappa shape index (κ2) is 3.59. The first-order valence-corrected chi connectivity index (χ1v) is 4.66. The molecule has 1 fully saturated rings. The fourth-order valence-electron chi connectivity index (χ4n) is 1.24. The molecule has 0 spiro atoms. The quantitative estimate of drug-likeness (QED) is 0.670. The summed E-state index contributed by atoms with van der Waals surface area (Å²) in [5.41, 5.74) is 0.798. The lowest BCUT2D eigenvalue weighted by molar-refractivity contribution is -0.144. The van der Waals surface area contributed by atoms with Gasteiger partial charge in [0, 0.05) is 10.6 Å². The van der Waals surface area contributed by atoms with Gasteiger partial charge in [0.05, 0.1) is 0 Å². The molecule has 1 saturated heterocycles. The van der Waals surface area contributed by atoms with Crippen LogP contribution in [0.15, 0.2) is 24.3 Å². The van der Waals surface area contributed by atoms with Crippen LogP contribution in [0.4, 0.5) is 0 Å². The van der Waals surface area contributed by atoms with Crippen LogP contribution in [-0.2, 0) is 14.3 Å². The normalized spacial score (nSPS) is 26.3. The molecule has 0 bridgehead atoms. The molecule has 1 aliphatic heterocycles. The molecule has 1 heterocycles. The minimum Gasteiger partial charge on any atom is -0.429 e. The van der Waals surface area contributed by atoms with Crippen LogP contribution in [0, 0.1) is 0 Å². The Bertz CT molecular complexity index is 347. The SMILES string of the molecule is C[C@@H]1O[C@H](c2ccc(Cl)cc2)OC1=O. The molecule has 0 unspecified atom stereocenters. The van der Waals surface area contributed by atoms with Gasteiger partial charge < -0.3 is 9.47 Å². The van der Waals surface area contributed by atoms with E-state index in [1.54, 1.807) is 31.2 Å². The van der Waals surface area contributed by atoms with E-state index in [-0.39, 0.29) is 5.97 Å². The number of benzene rings is 1. The van der Waals surface area contributed by atoms with Crippen LogP contribution in [0.1, 0.15) is 18.8 Å². The van der Waals surface area contributed by atoms with E-state index in [0.717, 1.165) is 5.56 Å². The molecule has 0 amide bonds. The smallest absolute Gasteiger partial charge is 0.337 e. The maximum absolute atomic E-state index is 11.1. The van der Waals surface area contributed by atoms with Gasteiger partial charge in [-0.2, -0.15) is 0 Å². The molecule has 2 atom stereocenters. The Labute approximate surface area is 86.6 Å². The van der Waals surface area contributed by atoms with E-state index in [9.17, 15) is 4.79 Å². The van der Waals surface area contributed by atoms with Gasteiger partial charge in [-0.3, -0.25) is 0 Å². The van der Waals surface area contributed by atoms with Crippen LogP contribution < -0.4 is 0 Å². The van der Waals surface area contributed by atoms with Gasteiger partial charge in [-0.1, -0.05) is 23.7 Å². The maximum Gasteiger partial charge on any atom is 0.337 e. The first kappa shape index (κ1) is 9.49. The number of hydrogen-bond donors (Lipinski definition) is 0. The number of rotatable bonds is 1. The van der Waals surface area contributed by atoms with Crippen molar-refractivity contribution in [3.8, 4) is 0 Å². The molecular formula is C10H9ClO3. The van der Waals surface area contributed by atoms with Crippen LogP contribution >= 0.6 is 11.6 Å². The summed E-state index contributed by atoms with van der Waals surface area (Å²) in [5.74, 6) is -0.329. The molecule has 0 N–H and O–H groups in total. The average Bonchev–Trinajstić information content (AvgIpc) is 2.48. The third-order valence-electron chi connectivity index (χ3n) is 2.03. The standard InChI is InChI=1S/C10H9ClO3/c1-6-9(12)14-10(13-6)7-2-4-8(11)5-3-7/h2-6,10H,1H3/t6-,10-/m0/s1. The molecule has 14 heavy (non-hydrogen) atoms. The fourth-order valence-corrected chi connectivity index (χ4v) is 1.36. The first-order valence-electron chi connectivity index (χ1n) is 4.28. The average molecular weight is 213 g/mol. The van der Waals surface area contributed by atoms with Crippen molar-refractivity contribution in [1.82, 2.24) is 0 Å². The summed E-state index contributed by atoms with van der Waals surface area (Å²) in [6.45, 7) is 1.66. The molecule has 0 aromatic heterocycles. The van der Waals surface area contributed by atoms with Gasteiger partial charge in [0.15, 0.2) is 6.10 Å². The second-order valence-electron chi connectivity index (χ2n) is 3.10. The van der Waals surface area contributed by atoms with Crippen molar-refractivity contribution >= 4 is 17.6 Å². The Morgan fingerprint density at radius 1 is 1.29 bits per heavy atom. The molecule has 2 rings (SSSR count). The molecule has 0 saturated carbocycles. The molecule has 0 aliphatic carbocycles. The molecule has 1 aromatic rings. The fraction of sp³-hybridized carbons (Fsp3) is 0.300. The second-order valence-corrected chi connectivity index (χ2v) is 3.54. The van der Waals surface area contributed by atoms with Crippen LogP contribution in [0.25, 0.3) is 0 Å². The summed E-state index contributed by atoms with van der Waals surface area (Å²) < 4.78 is 10.3. The summed E-state index contributed by atoms with van der Waals surface area (Å²) in [5, 5.41) is 0.645. The van der Waals surface area contributed by atoms with Gasteiger partial charge in [0.1, 0.15) is 0 Å². The molecular weight excluding hydrogens is 204 g/mol. The van der Waals surface area contributed by atoms with Gasteiger partial charge in [0.2, 0.25) is 6.29 Å². The summed E-state index contributed by atoms with van der Waals surface area (Å²) in [6.07, 6.45) is -1.08. The predicted molar refractivity (Wildman–Crippen MR) is 50.8 cm³/mol. The number of carbonyl (C=O) groups excluding carboxylic acids is 1. The zero-order valence-corrected chi connectivity index (χ0v) is 8.32. The number of hydrogen-bond acceptors (Lipinski definition) is 3. The molecule has 3 nitrogen and oxygen atoms in total. The Balaban J connectivity index is 2.17. The van der Waals surface area contributed by atoms with Gasteiger partial charge in [-0.05, 0) is 19.1 Å². The zero-order valence-electron chi connectivity index (χ0n) is 7.57. The van der Waals surface area contributed by atoms with Crippen molar-refractivity contribution in [2.24, 2.45) is 0 Å². The lowest BCUT2D eigenvalue weighted by atomic mass is 10.2. The van der Waals surface area contributed by atoms with Crippen LogP contribution in [0.3, 0.4) is 0 Å². The van der Waals surface area contributed by atoms with Crippen molar-refractivity contribution in [3.63, 3.8) is 0 Å². The third kappa shape index (κ3) is 1.74. The topological polar surface area (TPSA) is 35.5 Å². The monoisotopic (exact) mass is 212 g/mol. The molecule has 0 radical (unpaired) electrons. The Hall–Kier alpha value is -1.06. The predicted octanol–water partition coefficient (Wildman–Crippen LogP) is 2.30. The first-order chi connectivity index (χ1) is 6.66. The van der Waals surface area contributed by atoms with Crippen molar-refractivity contribution in [2.75, 3.05) is 0 Å². The number of esters is 1. The highest BCUT2D eigenvalue weighted by Crippen LogP contribution is 2.28. The minimum absolute atomic E-state index is 0.329. The molecule has 1 aliphatic rings. The van der Waals surface area contributed by atoms with E-state index in [1.165, 1.54) is 0 Å². The maximum atomic E-state index is 11.1. The molecule has 74 valence electrons. The lowest BCUT2D eigenvalue weighted by Crippen LogP contribution is -2.09. The van der Waals surface area contributed by atoms with Crippen molar-refractivity contribution < 1.29 is 14.3 Å². The van der Waals surface area contributed by atoms with Gasteiger partial charge >= 0.3 is 5.97 Å². The molecule has 4 heteroatoms. The molecule has 1 aromatic carbocycles. The van der Waals surface area contributed by atoms with E-state index in [0.29, 0.717) is 5.02 Å². The highest BCUT2D eigenvalue weighted by molar-refractivity contribution is 6.30. The lowest BCUT2D eigenvalue weighted by Gasteiger charge is -2.08. The van der Waals surface area contributed by atoms with Crippen LogP contribution in [-0.4, -0.2) is 12.1 Å². The van der Waals surface area contributed by atoms with Crippen LogP contribution in [0.2, 0.25) is 5.02 Å². The summed E-state index contributed by atoms with van der Waals surface area (Å²) in [4.78, 5) is 11.1. The van der Waals surface area contributed by atoms with Crippen LogP contribution in [0.5, 0.6) is 0 Å². The van der Waals surface area contributed by atoms with Crippen molar-refractivity contribution in [1.29, 1.82) is 0 Å². The summed E-state index contributed by atoms with van der Waals surface area (Å²) >= 11 is 5.73. The van der Waals surface area contributed by atoms with E-state index in [1.807, 2.05) is 0 Å². The number of carbonyl (C=O) groups is 1. The largest absolute Gasteiger partial charge is 0.429 e. The van der Waals surface area contributed by atoms with E-state index >= 15 is 0 Å². The Kier molecular flexibility index (Phi) is 2.44. The van der Waals surface area contributed by atoms with Crippen molar-refractivity contribution in [3.05, 3.63) is 34.9 Å². The van der Waals surface area contributed by atoms with Gasteiger partial charge in [0.25, 0.3) is 0 Å².